The number of anilines is 2. The highest BCUT2D eigenvalue weighted by Crippen LogP contribution is 2.44. The molecule has 14 heteroatoms. The van der Waals surface area contributed by atoms with Gasteiger partial charge in [0, 0.05) is 23.5 Å². The lowest BCUT2D eigenvalue weighted by Crippen LogP contribution is -2.53. The number of carbonyl (C=O) groups excluding carboxylic acids is 4. The molecule has 226 valence electrons. The summed E-state index contributed by atoms with van der Waals surface area (Å²) in [6.07, 6.45) is -0.0603. The van der Waals surface area contributed by atoms with Gasteiger partial charge in [0.25, 0.3) is 0 Å². The van der Waals surface area contributed by atoms with Crippen LogP contribution in [0.15, 0.2) is 77.7 Å². The Balaban J connectivity index is 1.68. The zero-order valence-corrected chi connectivity index (χ0v) is 23.9. The first-order valence-electron chi connectivity index (χ1n) is 13.1. The lowest BCUT2D eigenvalue weighted by Gasteiger charge is -2.35. The van der Waals surface area contributed by atoms with Crippen molar-refractivity contribution in [1.29, 1.82) is 0 Å². The van der Waals surface area contributed by atoms with Crippen molar-refractivity contribution in [2.45, 2.75) is 30.2 Å². The van der Waals surface area contributed by atoms with Crippen LogP contribution in [0.25, 0.3) is 0 Å². The molecule has 1 aliphatic heterocycles. The lowest BCUT2D eigenvalue weighted by atomic mass is 9.88. The fraction of sp³-hybridized carbons (Fsp3) is 0.241. The molecule has 43 heavy (non-hydrogen) atoms. The van der Waals surface area contributed by atoms with Gasteiger partial charge in [-0.1, -0.05) is 24.3 Å². The molecule has 0 spiro atoms. The second kappa shape index (κ2) is 12.6. The Hall–Kier alpha value is -4.82. The third kappa shape index (κ3) is 6.20. The highest BCUT2D eigenvalue weighted by molar-refractivity contribution is 7.89. The first-order chi connectivity index (χ1) is 20.4. The molecule has 1 atom stereocenters. The van der Waals surface area contributed by atoms with E-state index in [1.54, 1.807) is 6.92 Å². The van der Waals surface area contributed by atoms with Crippen LogP contribution in [-0.4, -0.2) is 56.4 Å². The lowest BCUT2D eigenvalue weighted by molar-refractivity contribution is -0.166. The number of hydrogen-bond acceptors (Lipinski definition) is 9. The Bertz CT molecular complexity index is 1660. The van der Waals surface area contributed by atoms with Gasteiger partial charge in [-0.15, -0.1) is 0 Å². The van der Waals surface area contributed by atoms with Crippen molar-refractivity contribution < 1.29 is 41.5 Å². The smallest absolute Gasteiger partial charge is 0.340 e. The number of rotatable bonds is 9. The second-order valence-corrected chi connectivity index (χ2v) is 11.4. The Morgan fingerprint density at radius 2 is 1.72 bits per heavy atom. The summed E-state index contributed by atoms with van der Waals surface area (Å²) in [5.74, 6) is -4.20. The minimum Gasteiger partial charge on any atom is -0.462 e. The number of ether oxygens (including phenoxy) is 2. The number of halogens is 1. The van der Waals surface area contributed by atoms with Gasteiger partial charge in [-0.25, -0.2) is 32.0 Å². The topological polar surface area (TPSA) is 179 Å². The van der Waals surface area contributed by atoms with Crippen LogP contribution in [0.1, 0.15) is 35.7 Å². The molecule has 0 saturated carbocycles. The van der Waals surface area contributed by atoms with Crippen LogP contribution < -0.4 is 16.4 Å². The predicted octanol–water partition coefficient (Wildman–Crippen LogP) is 2.92. The summed E-state index contributed by atoms with van der Waals surface area (Å²) in [5, 5.41) is 0. The van der Waals surface area contributed by atoms with Crippen molar-refractivity contribution >= 4 is 45.3 Å². The number of nitrogens with two attached hydrogens (primary N) is 2. The molecule has 1 aliphatic rings. The maximum Gasteiger partial charge on any atom is 0.340 e. The van der Waals surface area contributed by atoms with E-state index in [1.165, 1.54) is 66.7 Å². The van der Waals surface area contributed by atoms with Crippen LogP contribution in [0.5, 0.6) is 0 Å². The van der Waals surface area contributed by atoms with Crippen LogP contribution in [0.2, 0.25) is 0 Å². The molecule has 1 heterocycles. The van der Waals surface area contributed by atoms with E-state index < -0.39 is 51.9 Å². The molecule has 1 fully saturated rings. The number of hydrogen-bond donors (Lipinski definition) is 2. The summed E-state index contributed by atoms with van der Waals surface area (Å²) < 4.78 is 53.7. The predicted molar refractivity (Wildman–Crippen MR) is 152 cm³/mol. The molecule has 3 aromatic rings. The first-order valence-corrected chi connectivity index (χ1v) is 14.6. The van der Waals surface area contributed by atoms with E-state index >= 15 is 4.39 Å². The van der Waals surface area contributed by atoms with Crippen molar-refractivity contribution in [2.24, 2.45) is 5.73 Å². The van der Waals surface area contributed by atoms with Gasteiger partial charge in [0.1, 0.15) is 12.4 Å². The van der Waals surface area contributed by atoms with E-state index in [1.807, 2.05) is 0 Å². The summed E-state index contributed by atoms with van der Waals surface area (Å²) in [6.45, 7) is 0.653. The third-order valence-electron chi connectivity index (χ3n) is 6.88. The Kier molecular flexibility index (Phi) is 9.11. The van der Waals surface area contributed by atoms with Crippen LogP contribution in [0.4, 0.5) is 20.6 Å². The molecule has 0 aliphatic carbocycles. The van der Waals surface area contributed by atoms with Gasteiger partial charge < -0.3 is 20.9 Å². The number of nitrogens with zero attached hydrogens (tertiary/aromatic N) is 2. The molecule has 2 amide bonds. The van der Waals surface area contributed by atoms with Gasteiger partial charge >= 0.3 is 23.9 Å². The van der Waals surface area contributed by atoms with Crippen LogP contribution in [0.3, 0.4) is 0 Å². The van der Waals surface area contributed by atoms with E-state index in [0.29, 0.717) is 5.69 Å². The maximum absolute atomic E-state index is 15.3. The number of primary amides is 1. The zero-order valence-electron chi connectivity index (χ0n) is 23.1. The quantitative estimate of drug-likeness (QED) is 0.209. The van der Waals surface area contributed by atoms with Crippen molar-refractivity contribution in [3.05, 3.63) is 89.7 Å². The third-order valence-corrected chi connectivity index (χ3v) is 8.82. The number of nitrogen functional groups attached to an aromatic ring is 1. The van der Waals surface area contributed by atoms with Gasteiger partial charge in [0.05, 0.1) is 17.1 Å². The van der Waals surface area contributed by atoms with E-state index in [-0.39, 0.29) is 47.7 Å². The summed E-state index contributed by atoms with van der Waals surface area (Å²) >= 11 is 0. The molecule has 12 nitrogen and oxygen atoms in total. The fourth-order valence-corrected chi connectivity index (χ4v) is 6.71. The molecule has 4 N–H and O–H groups in total. The monoisotopic (exact) mass is 612 g/mol. The summed E-state index contributed by atoms with van der Waals surface area (Å²) in [6, 6.07) is 14.7. The molecule has 1 unspecified atom stereocenters. The number of esters is 3. The number of urea groups is 1. The highest BCUT2D eigenvalue weighted by Gasteiger charge is 2.57. The molecule has 1 saturated heterocycles. The van der Waals surface area contributed by atoms with Crippen LogP contribution in [-0.2, 0) is 34.6 Å². The minimum atomic E-state index is -4.44. The van der Waals surface area contributed by atoms with E-state index in [9.17, 15) is 27.6 Å². The highest BCUT2D eigenvalue weighted by atomic mass is 32.2. The van der Waals surface area contributed by atoms with Gasteiger partial charge in [0.15, 0.2) is 5.54 Å². The van der Waals surface area contributed by atoms with E-state index in [2.05, 4.69) is 0 Å². The average molecular weight is 613 g/mol. The van der Waals surface area contributed by atoms with Crippen LogP contribution in [0, 0.1) is 5.82 Å². The Morgan fingerprint density at radius 3 is 2.37 bits per heavy atom. The van der Waals surface area contributed by atoms with Crippen LogP contribution >= 0.6 is 0 Å². The van der Waals surface area contributed by atoms with Gasteiger partial charge in [-0.3, -0.25) is 4.90 Å². The molecular formula is C29H29FN4O8S. The molecule has 3 aromatic carbocycles. The second-order valence-electron chi connectivity index (χ2n) is 9.55. The maximum atomic E-state index is 15.3. The molecule has 0 bridgehead atoms. The average Bonchev–Trinajstić information content (AvgIpc) is 3.43. The first kappa shape index (κ1) is 31.1. The van der Waals surface area contributed by atoms with E-state index in [4.69, 9.17) is 20.9 Å². The standard InChI is InChI=1S/C29H29FN4O8S/c1-2-41-26(36)19-7-5-8-21(17-19)33(28(32)38)18-25(35)42-27(37)29(23-9-3-4-10-24(23)30)15-6-16-34(29)43(39,40)22-13-11-20(31)12-14-22/h3-5,7-14,17H,2,6,15-16,18,31H2,1H3,(H2,32,38). The minimum absolute atomic E-state index is 0.0275. The van der Waals surface area contributed by atoms with E-state index in [0.717, 1.165) is 15.3 Å². The van der Waals surface area contributed by atoms with Crippen molar-refractivity contribution in [2.75, 3.05) is 30.3 Å². The largest absolute Gasteiger partial charge is 0.462 e. The van der Waals surface area contributed by atoms with Gasteiger partial charge in [-0.05, 0) is 68.3 Å². The van der Waals surface area contributed by atoms with Crippen molar-refractivity contribution in [3.63, 3.8) is 0 Å². The SMILES string of the molecule is CCOC(=O)c1cccc(N(CC(=O)OC(=O)C2(c3ccccc3F)CCCN2S(=O)(=O)c2ccc(N)cc2)C(N)=O)c1. The van der Waals surface area contributed by atoms with Crippen molar-refractivity contribution in [1.82, 2.24) is 4.31 Å². The summed E-state index contributed by atoms with van der Waals surface area (Å²) in [4.78, 5) is 51.9. The normalized spacial score (nSPS) is 16.8. The molecule has 0 radical (unpaired) electrons. The molecule has 0 aromatic heterocycles. The van der Waals surface area contributed by atoms with Gasteiger partial charge in [-0.2, -0.15) is 4.31 Å². The summed E-state index contributed by atoms with van der Waals surface area (Å²) in [5.41, 5.74) is 9.03. The number of carbonyl (C=O) groups is 4. The number of benzene rings is 3. The van der Waals surface area contributed by atoms with Gasteiger partial charge in [0.2, 0.25) is 10.0 Å². The molecular weight excluding hydrogens is 583 g/mol. The number of sulfonamides is 1. The Morgan fingerprint density at radius 1 is 1.02 bits per heavy atom. The zero-order chi connectivity index (χ0) is 31.4. The fourth-order valence-electron chi connectivity index (χ4n) is 4.93. The molecule has 4 rings (SSSR count). The number of amides is 2. The summed E-state index contributed by atoms with van der Waals surface area (Å²) in [7, 11) is -4.44. The van der Waals surface area contributed by atoms with Crippen molar-refractivity contribution in [3.8, 4) is 0 Å². The Labute approximate surface area is 247 Å².